The van der Waals surface area contributed by atoms with Gasteiger partial charge in [-0.3, -0.25) is 4.79 Å². The first kappa shape index (κ1) is 16.5. The molecule has 1 aromatic carbocycles. The standard InChI is InChI=1S/C15H18FN3O2S/c1-9(12(20)17-15(2,3)4)22-14-19-18-13(21-14)10-7-5-6-8-11(10)16/h5-9H,1-4H3,(H,17,20)/t9-/m1/s1. The summed E-state index contributed by atoms with van der Waals surface area (Å²) in [4.78, 5) is 12.0. The molecule has 0 saturated carbocycles. The predicted molar refractivity (Wildman–Crippen MR) is 82.9 cm³/mol. The van der Waals surface area contributed by atoms with Crippen LogP contribution < -0.4 is 5.32 Å². The second-order valence-corrected chi connectivity index (χ2v) is 7.14. The maximum absolute atomic E-state index is 13.7. The molecule has 0 unspecified atom stereocenters. The lowest BCUT2D eigenvalue weighted by atomic mass is 10.1. The number of benzene rings is 1. The van der Waals surface area contributed by atoms with Crippen molar-refractivity contribution in [1.82, 2.24) is 15.5 Å². The highest BCUT2D eigenvalue weighted by Gasteiger charge is 2.22. The first-order valence-electron chi connectivity index (χ1n) is 6.83. The molecule has 118 valence electrons. The van der Waals surface area contributed by atoms with E-state index in [9.17, 15) is 9.18 Å². The summed E-state index contributed by atoms with van der Waals surface area (Å²) >= 11 is 1.14. The van der Waals surface area contributed by atoms with Crippen LogP contribution in [0.1, 0.15) is 27.7 Å². The molecular weight excluding hydrogens is 305 g/mol. The van der Waals surface area contributed by atoms with Crippen LogP contribution in [0.25, 0.3) is 11.5 Å². The lowest BCUT2D eigenvalue weighted by Gasteiger charge is -2.22. The number of hydrogen-bond acceptors (Lipinski definition) is 5. The largest absolute Gasteiger partial charge is 0.411 e. The fourth-order valence-corrected chi connectivity index (χ4v) is 2.36. The summed E-state index contributed by atoms with van der Waals surface area (Å²) in [6.45, 7) is 7.47. The number of thioether (sulfide) groups is 1. The van der Waals surface area contributed by atoms with E-state index >= 15 is 0 Å². The van der Waals surface area contributed by atoms with Gasteiger partial charge in [0.15, 0.2) is 0 Å². The molecule has 1 N–H and O–H groups in total. The van der Waals surface area contributed by atoms with Crippen LogP contribution in [0.4, 0.5) is 4.39 Å². The van der Waals surface area contributed by atoms with Gasteiger partial charge in [0.2, 0.25) is 5.91 Å². The van der Waals surface area contributed by atoms with Gasteiger partial charge in [-0.2, -0.15) is 0 Å². The van der Waals surface area contributed by atoms with E-state index in [4.69, 9.17) is 4.42 Å². The van der Waals surface area contributed by atoms with Crippen molar-refractivity contribution in [2.24, 2.45) is 0 Å². The maximum atomic E-state index is 13.7. The highest BCUT2D eigenvalue weighted by atomic mass is 32.2. The average Bonchev–Trinajstić information content (AvgIpc) is 2.85. The van der Waals surface area contributed by atoms with Crippen LogP contribution in [-0.4, -0.2) is 26.9 Å². The van der Waals surface area contributed by atoms with Gasteiger partial charge >= 0.3 is 0 Å². The molecule has 22 heavy (non-hydrogen) atoms. The van der Waals surface area contributed by atoms with Gasteiger partial charge < -0.3 is 9.73 Å². The van der Waals surface area contributed by atoms with E-state index in [1.807, 2.05) is 20.8 Å². The summed E-state index contributed by atoms with van der Waals surface area (Å²) in [6, 6.07) is 6.16. The Morgan fingerprint density at radius 3 is 2.64 bits per heavy atom. The van der Waals surface area contributed by atoms with Crippen molar-refractivity contribution in [1.29, 1.82) is 0 Å². The number of nitrogens with zero attached hydrogens (tertiary/aromatic N) is 2. The minimum Gasteiger partial charge on any atom is -0.411 e. The molecule has 1 heterocycles. The van der Waals surface area contributed by atoms with Crippen LogP contribution >= 0.6 is 11.8 Å². The van der Waals surface area contributed by atoms with Gasteiger partial charge in [0.25, 0.3) is 11.1 Å². The second kappa shape index (κ2) is 6.48. The third-order valence-corrected chi connectivity index (χ3v) is 3.59. The maximum Gasteiger partial charge on any atom is 0.277 e. The normalized spacial score (nSPS) is 13.0. The van der Waals surface area contributed by atoms with Crippen LogP contribution in [0.15, 0.2) is 33.9 Å². The number of aromatic nitrogens is 2. The molecule has 0 aliphatic rings. The molecule has 0 spiro atoms. The topological polar surface area (TPSA) is 68.0 Å². The Bertz CT molecular complexity index is 667. The first-order valence-corrected chi connectivity index (χ1v) is 7.71. The molecule has 0 fully saturated rings. The molecule has 2 rings (SSSR count). The number of nitrogens with one attached hydrogen (secondary N) is 1. The monoisotopic (exact) mass is 323 g/mol. The van der Waals surface area contributed by atoms with Crippen molar-refractivity contribution in [3.8, 4) is 11.5 Å². The zero-order chi connectivity index (χ0) is 16.3. The van der Waals surface area contributed by atoms with Crippen molar-refractivity contribution >= 4 is 17.7 Å². The van der Waals surface area contributed by atoms with Gasteiger partial charge in [-0.25, -0.2) is 4.39 Å². The molecule has 1 amide bonds. The molecular formula is C15H18FN3O2S. The Morgan fingerprint density at radius 1 is 1.32 bits per heavy atom. The van der Waals surface area contributed by atoms with Crippen LogP contribution in [0.2, 0.25) is 0 Å². The van der Waals surface area contributed by atoms with E-state index in [0.29, 0.717) is 0 Å². The van der Waals surface area contributed by atoms with Gasteiger partial charge in [0.05, 0.1) is 10.8 Å². The summed E-state index contributed by atoms with van der Waals surface area (Å²) in [5.74, 6) is -0.451. The summed E-state index contributed by atoms with van der Waals surface area (Å²) in [5, 5.41) is 10.4. The molecule has 7 heteroatoms. The third-order valence-electron chi connectivity index (χ3n) is 2.66. The number of carbonyl (C=O) groups excluding carboxylic acids is 1. The van der Waals surface area contributed by atoms with Gasteiger partial charge in [-0.1, -0.05) is 23.9 Å². The Hall–Kier alpha value is -1.89. The number of amides is 1. The van der Waals surface area contributed by atoms with Gasteiger partial charge in [-0.15, -0.1) is 10.2 Å². The second-order valence-electron chi connectivity index (χ2n) is 5.85. The van der Waals surface area contributed by atoms with E-state index < -0.39 is 11.1 Å². The smallest absolute Gasteiger partial charge is 0.277 e. The predicted octanol–water partition coefficient (Wildman–Crippen LogP) is 3.27. The summed E-state index contributed by atoms with van der Waals surface area (Å²) in [6.07, 6.45) is 0. The SMILES string of the molecule is C[C@@H](Sc1nnc(-c2ccccc2F)o1)C(=O)NC(C)(C)C. The van der Waals surface area contributed by atoms with E-state index in [1.54, 1.807) is 25.1 Å². The van der Waals surface area contributed by atoms with Crippen molar-refractivity contribution in [3.05, 3.63) is 30.1 Å². The van der Waals surface area contributed by atoms with E-state index in [1.165, 1.54) is 6.07 Å². The van der Waals surface area contributed by atoms with Crippen LogP contribution in [0.5, 0.6) is 0 Å². The van der Waals surface area contributed by atoms with Gasteiger partial charge in [-0.05, 0) is 39.8 Å². The number of carbonyl (C=O) groups is 1. The summed E-state index contributed by atoms with van der Waals surface area (Å²) in [5.41, 5.74) is -0.0624. The van der Waals surface area contributed by atoms with Crippen LogP contribution in [0, 0.1) is 5.82 Å². The zero-order valence-electron chi connectivity index (χ0n) is 12.9. The summed E-state index contributed by atoms with van der Waals surface area (Å²) in [7, 11) is 0. The van der Waals surface area contributed by atoms with Crippen LogP contribution in [-0.2, 0) is 4.79 Å². The van der Waals surface area contributed by atoms with Crippen molar-refractivity contribution in [2.75, 3.05) is 0 Å². The quantitative estimate of drug-likeness (QED) is 0.875. The Balaban J connectivity index is 2.06. The zero-order valence-corrected chi connectivity index (χ0v) is 13.7. The highest BCUT2D eigenvalue weighted by molar-refractivity contribution is 8.00. The molecule has 0 aliphatic heterocycles. The van der Waals surface area contributed by atoms with E-state index in [-0.39, 0.29) is 28.1 Å². The van der Waals surface area contributed by atoms with Crippen molar-refractivity contribution < 1.29 is 13.6 Å². The minimum absolute atomic E-state index is 0.101. The molecule has 0 aliphatic carbocycles. The lowest BCUT2D eigenvalue weighted by Crippen LogP contribution is -2.44. The number of halogens is 1. The van der Waals surface area contributed by atoms with E-state index in [0.717, 1.165) is 11.8 Å². The lowest BCUT2D eigenvalue weighted by molar-refractivity contribution is -0.121. The fraction of sp³-hybridized carbons (Fsp3) is 0.400. The average molecular weight is 323 g/mol. The molecule has 0 saturated heterocycles. The number of hydrogen-bond donors (Lipinski definition) is 1. The summed E-state index contributed by atoms with van der Waals surface area (Å²) < 4.78 is 19.1. The van der Waals surface area contributed by atoms with E-state index in [2.05, 4.69) is 15.5 Å². The van der Waals surface area contributed by atoms with Gasteiger partial charge in [0, 0.05) is 5.54 Å². The highest BCUT2D eigenvalue weighted by Crippen LogP contribution is 2.27. The molecule has 2 aromatic rings. The van der Waals surface area contributed by atoms with Gasteiger partial charge in [0.1, 0.15) is 5.82 Å². The number of rotatable bonds is 4. The van der Waals surface area contributed by atoms with Crippen molar-refractivity contribution in [2.45, 2.75) is 43.7 Å². The molecule has 1 atom stereocenters. The molecule has 0 bridgehead atoms. The minimum atomic E-state index is -0.429. The third kappa shape index (κ3) is 4.30. The van der Waals surface area contributed by atoms with Crippen molar-refractivity contribution in [3.63, 3.8) is 0 Å². The Morgan fingerprint density at radius 2 is 2.00 bits per heavy atom. The molecule has 0 radical (unpaired) electrons. The van der Waals surface area contributed by atoms with Crippen LogP contribution in [0.3, 0.4) is 0 Å². The fourth-order valence-electron chi connectivity index (χ4n) is 1.68. The molecule has 1 aromatic heterocycles. The Kier molecular flexibility index (Phi) is 4.85. The Labute approximate surface area is 132 Å². The molecule has 5 nitrogen and oxygen atoms in total. The first-order chi connectivity index (χ1) is 10.3.